The largest absolute Gasteiger partial charge is 0.455 e. The molecule has 0 aliphatic rings. The number of rotatable bonds is 7. The summed E-state index contributed by atoms with van der Waals surface area (Å²) in [5, 5.41) is 14.1. The van der Waals surface area contributed by atoms with E-state index in [-0.39, 0.29) is 38.7 Å². The summed E-state index contributed by atoms with van der Waals surface area (Å²) >= 11 is 6.00. The van der Waals surface area contributed by atoms with E-state index in [1.807, 2.05) is 13.0 Å². The van der Waals surface area contributed by atoms with Gasteiger partial charge in [0.15, 0.2) is 11.7 Å². The number of aliphatic hydroxyl groups excluding tert-OH is 1. The lowest BCUT2D eigenvalue weighted by Crippen LogP contribution is -2.28. The number of aliphatic hydroxyl groups is 1. The Kier molecular flexibility index (Phi) is 7.38. The molecule has 2 aromatic heterocycles. The highest BCUT2D eigenvalue weighted by Crippen LogP contribution is 2.34. The van der Waals surface area contributed by atoms with Crippen LogP contribution in [0.2, 0.25) is 5.15 Å². The van der Waals surface area contributed by atoms with Crippen LogP contribution in [-0.2, 0) is 10.0 Å². The molecule has 37 heavy (non-hydrogen) atoms. The van der Waals surface area contributed by atoms with Crippen molar-refractivity contribution in [2.24, 2.45) is 0 Å². The molecule has 0 radical (unpaired) electrons. The van der Waals surface area contributed by atoms with Crippen molar-refractivity contribution in [2.75, 3.05) is 11.6 Å². The molecule has 0 fully saturated rings. The maximum atomic E-state index is 14.6. The van der Waals surface area contributed by atoms with Crippen molar-refractivity contribution < 1.29 is 22.3 Å². The van der Waals surface area contributed by atoms with Gasteiger partial charge in [-0.1, -0.05) is 29.8 Å². The molecule has 2 atom stereocenters. The van der Waals surface area contributed by atoms with Gasteiger partial charge in [0.1, 0.15) is 28.0 Å². The van der Waals surface area contributed by atoms with Crippen molar-refractivity contribution in [1.82, 2.24) is 9.71 Å². The summed E-state index contributed by atoms with van der Waals surface area (Å²) < 4.78 is 46.2. The van der Waals surface area contributed by atoms with E-state index in [0.717, 1.165) is 11.8 Å². The predicted molar refractivity (Wildman–Crippen MR) is 142 cm³/mol. The van der Waals surface area contributed by atoms with E-state index in [9.17, 15) is 22.7 Å². The molecule has 0 saturated carbocycles. The van der Waals surface area contributed by atoms with Crippen molar-refractivity contribution in [3.63, 3.8) is 0 Å². The zero-order chi connectivity index (χ0) is 27.1. The highest BCUT2D eigenvalue weighted by atomic mass is 35.5. The van der Waals surface area contributed by atoms with Gasteiger partial charge in [0.2, 0.25) is 10.0 Å². The monoisotopic (exact) mass is 545 g/mol. The summed E-state index contributed by atoms with van der Waals surface area (Å²) in [7, 11) is -3.75. The van der Waals surface area contributed by atoms with Crippen LogP contribution < -0.4 is 15.5 Å². The molecule has 11 heteroatoms. The minimum absolute atomic E-state index is 0.0360. The molecule has 0 amide bonds. The van der Waals surface area contributed by atoms with Gasteiger partial charge in [-0.25, -0.2) is 17.8 Å². The van der Waals surface area contributed by atoms with Crippen LogP contribution in [0.3, 0.4) is 0 Å². The Morgan fingerprint density at radius 2 is 1.84 bits per heavy atom. The fourth-order valence-corrected chi connectivity index (χ4v) is 4.81. The van der Waals surface area contributed by atoms with Crippen LogP contribution in [0, 0.1) is 19.7 Å². The van der Waals surface area contributed by atoms with Crippen molar-refractivity contribution in [2.45, 2.75) is 33.0 Å². The fourth-order valence-electron chi connectivity index (χ4n) is 4.14. The SMILES string of the molecule is Cc1cc([C@@H](C)Nc2ccc(Cl)nc2C(O)NS(C)(=O)=O)c2oc(-c3ccccc3F)c(C)c(=O)c2c1. The maximum Gasteiger partial charge on any atom is 0.211 e. The highest BCUT2D eigenvalue weighted by molar-refractivity contribution is 7.88. The van der Waals surface area contributed by atoms with E-state index >= 15 is 0 Å². The number of benzene rings is 2. The van der Waals surface area contributed by atoms with E-state index in [1.54, 1.807) is 44.2 Å². The van der Waals surface area contributed by atoms with Crippen LogP contribution in [0.4, 0.5) is 10.1 Å². The summed E-state index contributed by atoms with van der Waals surface area (Å²) in [5.74, 6) is -0.383. The van der Waals surface area contributed by atoms with Gasteiger partial charge in [-0.15, -0.1) is 0 Å². The number of aryl methyl sites for hydroxylation is 1. The first-order valence-electron chi connectivity index (χ1n) is 11.3. The number of fused-ring (bicyclic) bond motifs is 1. The minimum Gasteiger partial charge on any atom is -0.455 e. The number of pyridine rings is 1. The number of anilines is 1. The number of nitrogens with zero attached hydrogens (tertiary/aromatic N) is 1. The smallest absolute Gasteiger partial charge is 0.211 e. The Bertz CT molecular complexity index is 1670. The van der Waals surface area contributed by atoms with Gasteiger partial charge in [0, 0.05) is 11.1 Å². The molecule has 8 nitrogen and oxygen atoms in total. The highest BCUT2D eigenvalue weighted by Gasteiger charge is 2.23. The lowest BCUT2D eigenvalue weighted by Gasteiger charge is -2.22. The standard InChI is InChI=1S/C26H25ClFN3O5S/c1-13-11-17(15(3)29-20-9-10-21(27)30-22(20)26(33)31-37(4,34)35)25-18(12-13)23(32)14(2)24(36-25)16-7-5-6-8-19(16)28/h5-12,15,26,29,31,33H,1-4H3/t15-,26?/m1/s1. The average Bonchev–Trinajstić information content (AvgIpc) is 2.81. The summed E-state index contributed by atoms with van der Waals surface area (Å²) in [6.07, 6.45) is -0.752. The topological polar surface area (TPSA) is 122 Å². The number of aromatic nitrogens is 1. The van der Waals surface area contributed by atoms with Crippen molar-refractivity contribution in [1.29, 1.82) is 0 Å². The van der Waals surface area contributed by atoms with Gasteiger partial charge < -0.3 is 14.8 Å². The molecule has 0 saturated heterocycles. The number of hydrogen-bond acceptors (Lipinski definition) is 7. The molecule has 4 aromatic rings. The maximum absolute atomic E-state index is 14.6. The van der Waals surface area contributed by atoms with Gasteiger partial charge >= 0.3 is 0 Å². The van der Waals surface area contributed by atoms with Gasteiger partial charge in [0.05, 0.1) is 28.9 Å². The van der Waals surface area contributed by atoms with Gasteiger partial charge in [0.25, 0.3) is 0 Å². The Morgan fingerprint density at radius 1 is 1.14 bits per heavy atom. The minimum atomic E-state index is -3.75. The number of hydrogen-bond donors (Lipinski definition) is 3. The van der Waals surface area contributed by atoms with E-state index in [2.05, 4.69) is 15.0 Å². The van der Waals surface area contributed by atoms with Gasteiger partial charge in [-0.3, -0.25) is 4.79 Å². The predicted octanol–water partition coefficient (Wildman–Crippen LogP) is 4.98. The van der Waals surface area contributed by atoms with Crippen LogP contribution in [-0.4, -0.2) is 24.8 Å². The second kappa shape index (κ2) is 10.2. The van der Waals surface area contributed by atoms with Crippen molar-refractivity contribution >= 4 is 38.3 Å². The molecule has 0 spiro atoms. The van der Waals surface area contributed by atoms with Crippen molar-refractivity contribution in [3.05, 3.63) is 92.1 Å². The third-order valence-corrected chi connectivity index (χ3v) is 6.69. The van der Waals surface area contributed by atoms with E-state index in [1.165, 1.54) is 12.1 Å². The van der Waals surface area contributed by atoms with E-state index in [0.29, 0.717) is 16.6 Å². The molecular weight excluding hydrogens is 521 g/mol. The lowest BCUT2D eigenvalue weighted by atomic mass is 9.98. The molecule has 4 rings (SSSR count). The van der Waals surface area contributed by atoms with Crippen molar-refractivity contribution in [3.8, 4) is 11.3 Å². The molecule has 0 aliphatic heterocycles. The quantitative estimate of drug-likeness (QED) is 0.221. The summed E-state index contributed by atoms with van der Waals surface area (Å²) in [6.45, 7) is 5.23. The second-order valence-corrected chi connectivity index (χ2v) is 11.0. The summed E-state index contributed by atoms with van der Waals surface area (Å²) in [5.41, 5.74) is 2.12. The van der Waals surface area contributed by atoms with E-state index < -0.39 is 28.1 Å². The Labute approximate surface area is 218 Å². The first-order valence-corrected chi connectivity index (χ1v) is 13.5. The first-order chi connectivity index (χ1) is 17.4. The molecule has 3 N–H and O–H groups in total. The number of halogens is 2. The Morgan fingerprint density at radius 3 is 2.51 bits per heavy atom. The normalized spacial score (nSPS) is 13.5. The fraction of sp³-hybridized carbons (Fsp3) is 0.231. The van der Waals surface area contributed by atoms with Crippen LogP contribution in [0.5, 0.6) is 0 Å². The van der Waals surface area contributed by atoms with Crippen LogP contribution in [0.25, 0.3) is 22.3 Å². The lowest BCUT2D eigenvalue weighted by molar-refractivity contribution is 0.162. The van der Waals surface area contributed by atoms with Crippen LogP contribution in [0.1, 0.15) is 41.6 Å². The first kappa shape index (κ1) is 26.7. The van der Waals surface area contributed by atoms with Crippen LogP contribution >= 0.6 is 11.6 Å². The molecule has 194 valence electrons. The number of nitrogens with one attached hydrogen (secondary N) is 2. The molecule has 2 heterocycles. The summed E-state index contributed by atoms with van der Waals surface area (Å²) in [4.78, 5) is 17.4. The zero-order valence-corrected chi connectivity index (χ0v) is 22.0. The molecule has 0 aliphatic carbocycles. The third kappa shape index (κ3) is 5.67. The van der Waals surface area contributed by atoms with Gasteiger partial charge in [-0.2, -0.15) is 4.72 Å². The molecular formula is C26H25ClFN3O5S. The second-order valence-electron chi connectivity index (χ2n) is 8.82. The van der Waals surface area contributed by atoms with Gasteiger partial charge in [-0.05, 0) is 56.7 Å². The zero-order valence-electron chi connectivity index (χ0n) is 20.5. The van der Waals surface area contributed by atoms with E-state index in [4.69, 9.17) is 16.0 Å². The Balaban J connectivity index is 1.85. The third-order valence-electron chi connectivity index (χ3n) is 5.82. The molecule has 0 bridgehead atoms. The number of sulfonamides is 1. The summed E-state index contributed by atoms with van der Waals surface area (Å²) in [6, 6.07) is 12.1. The average molecular weight is 546 g/mol. The van der Waals surface area contributed by atoms with Crippen LogP contribution in [0.15, 0.2) is 57.7 Å². The Hall–Kier alpha value is -3.31. The molecule has 1 unspecified atom stereocenters. The molecule has 2 aromatic carbocycles.